The molecular formula is C18H21BrF3N3O2. The van der Waals surface area contributed by atoms with Gasteiger partial charge in [-0.2, -0.15) is 13.2 Å². The average Bonchev–Trinajstić information content (AvgIpc) is 2.82. The SMILES string of the molecule is CN(C(=O)OC(C)(C)C)[C@H]1C[C@@H](n2cc(C(F)(F)F)c3ccc(Br)nc32)C1. The van der Waals surface area contributed by atoms with E-state index in [1.54, 1.807) is 32.4 Å². The molecule has 0 bridgehead atoms. The number of fused-ring (bicyclic) bond motifs is 1. The van der Waals surface area contributed by atoms with Crippen molar-refractivity contribution in [3.8, 4) is 0 Å². The third-order valence-corrected chi connectivity index (χ3v) is 5.10. The van der Waals surface area contributed by atoms with E-state index in [-0.39, 0.29) is 17.5 Å². The monoisotopic (exact) mass is 447 g/mol. The first-order valence-corrected chi connectivity index (χ1v) is 9.36. The van der Waals surface area contributed by atoms with Gasteiger partial charge in [0.15, 0.2) is 0 Å². The molecule has 5 nitrogen and oxygen atoms in total. The van der Waals surface area contributed by atoms with Gasteiger partial charge in [-0.25, -0.2) is 9.78 Å². The third kappa shape index (κ3) is 4.07. The Morgan fingerprint density at radius 3 is 2.48 bits per heavy atom. The highest BCUT2D eigenvalue weighted by Crippen LogP contribution is 2.42. The molecule has 0 aromatic carbocycles. The van der Waals surface area contributed by atoms with Crippen LogP contribution in [0.4, 0.5) is 18.0 Å². The van der Waals surface area contributed by atoms with Gasteiger partial charge < -0.3 is 14.2 Å². The number of hydrogen-bond acceptors (Lipinski definition) is 3. The van der Waals surface area contributed by atoms with Crippen molar-refractivity contribution in [3.63, 3.8) is 0 Å². The highest BCUT2D eigenvalue weighted by Gasteiger charge is 2.40. The summed E-state index contributed by atoms with van der Waals surface area (Å²) in [5.41, 5.74) is -0.996. The van der Waals surface area contributed by atoms with Crippen LogP contribution in [0.3, 0.4) is 0 Å². The molecule has 0 radical (unpaired) electrons. The Kier molecular flexibility index (Phi) is 4.95. The Morgan fingerprint density at radius 2 is 1.93 bits per heavy atom. The lowest BCUT2D eigenvalue weighted by atomic mass is 9.85. The lowest BCUT2D eigenvalue weighted by Gasteiger charge is -2.42. The molecule has 2 heterocycles. The molecule has 0 saturated heterocycles. The van der Waals surface area contributed by atoms with Crippen molar-refractivity contribution in [2.45, 2.75) is 57.5 Å². The summed E-state index contributed by atoms with van der Waals surface area (Å²) in [5.74, 6) is 0. The summed E-state index contributed by atoms with van der Waals surface area (Å²) in [6.07, 6.45) is -2.66. The van der Waals surface area contributed by atoms with E-state index in [4.69, 9.17) is 4.74 Å². The predicted molar refractivity (Wildman–Crippen MR) is 98.5 cm³/mol. The maximum Gasteiger partial charge on any atom is 0.418 e. The van der Waals surface area contributed by atoms with Gasteiger partial charge in [-0.05, 0) is 61.7 Å². The molecule has 1 amide bonds. The molecule has 1 aliphatic rings. The first-order chi connectivity index (χ1) is 12.4. The molecule has 2 aromatic rings. The van der Waals surface area contributed by atoms with Crippen molar-refractivity contribution >= 4 is 33.1 Å². The van der Waals surface area contributed by atoms with Gasteiger partial charge >= 0.3 is 12.3 Å². The Morgan fingerprint density at radius 1 is 1.30 bits per heavy atom. The highest BCUT2D eigenvalue weighted by molar-refractivity contribution is 9.10. The van der Waals surface area contributed by atoms with E-state index in [2.05, 4.69) is 20.9 Å². The number of aromatic nitrogens is 2. The van der Waals surface area contributed by atoms with Crippen molar-refractivity contribution in [3.05, 3.63) is 28.5 Å². The van der Waals surface area contributed by atoms with Crippen LogP contribution in [-0.4, -0.2) is 39.2 Å². The second kappa shape index (κ2) is 6.68. The molecule has 3 rings (SSSR count). The Hall–Kier alpha value is -1.77. The fraction of sp³-hybridized carbons (Fsp3) is 0.556. The molecule has 1 aliphatic carbocycles. The molecule has 27 heavy (non-hydrogen) atoms. The van der Waals surface area contributed by atoms with E-state index in [1.807, 2.05) is 0 Å². The lowest BCUT2D eigenvalue weighted by Crippen LogP contribution is -2.47. The fourth-order valence-corrected chi connectivity index (χ4v) is 3.49. The maximum absolute atomic E-state index is 13.4. The number of hydrogen-bond donors (Lipinski definition) is 0. The lowest BCUT2D eigenvalue weighted by molar-refractivity contribution is -0.136. The van der Waals surface area contributed by atoms with Crippen LogP contribution in [0.2, 0.25) is 0 Å². The summed E-state index contributed by atoms with van der Waals surface area (Å²) in [4.78, 5) is 17.9. The molecule has 0 unspecified atom stereocenters. The van der Waals surface area contributed by atoms with Crippen LogP contribution in [0.25, 0.3) is 11.0 Å². The molecule has 1 saturated carbocycles. The number of amides is 1. The third-order valence-electron chi connectivity index (χ3n) is 4.66. The number of rotatable bonds is 2. The number of nitrogens with zero attached hydrogens (tertiary/aromatic N) is 3. The normalized spacial score (nSPS) is 20.4. The summed E-state index contributed by atoms with van der Waals surface area (Å²) >= 11 is 3.22. The molecule has 0 atom stereocenters. The van der Waals surface area contributed by atoms with Gasteiger partial charge in [0.1, 0.15) is 15.9 Å². The van der Waals surface area contributed by atoms with Crippen LogP contribution < -0.4 is 0 Å². The van der Waals surface area contributed by atoms with Crippen LogP contribution in [0.15, 0.2) is 22.9 Å². The predicted octanol–water partition coefficient (Wildman–Crippen LogP) is 5.39. The van der Waals surface area contributed by atoms with Crippen LogP contribution >= 0.6 is 15.9 Å². The number of carbonyl (C=O) groups excluding carboxylic acids is 1. The number of pyridine rings is 1. The van der Waals surface area contributed by atoms with Crippen molar-refractivity contribution in [2.75, 3.05) is 7.05 Å². The summed E-state index contributed by atoms with van der Waals surface area (Å²) in [6.45, 7) is 5.36. The summed E-state index contributed by atoms with van der Waals surface area (Å²) in [7, 11) is 1.65. The van der Waals surface area contributed by atoms with E-state index in [1.165, 1.54) is 17.0 Å². The Bertz CT molecular complexity index is 867. The molecule has 1 fully saturated rings. The number of ether oxygens (including phenoxy) is 1. The van der Waals surface area contributed by atoms with Crippen LogP contribution in [0, 0.1) is 0 Å². The second-order valence-corrected chi connectivity index (χ2v) is 8.64. The minimum Gasteiger partial charge on any atom is -0.444 e. The summed E-state index contributed by atoms with van der Waals surface area (Å²) < 4.78 is 47.5. The molecule has 9 heteroatoms. The standard InChI is InChI=1S/C18H21BrF3N3O2/c1-17(2,3)27-16(26)24(4)10-7-11(8-10)25-9-13(18(20,21)22)12-5-6-14(19)23-15(12)25/h5-6,9-11H,7-8H2,1-4H3/t10-,11+. The minimum absolute atomic E-state index is 0.0784. The van der Waals surface area contributed by atoms with Crippen molar-refractivity contribution in [2.24, 2.45) is 0 Å². The van der Waals surface area contributed by atoms with E-state index < -0.39 is 23.4 Å². The molecule has 0 aliphatic heterocycles. The number of halogens is 4. The van der Waals surface area contributed by atoms with Gasteiger partial charge in [-0.1, -0.05) is 0 Å². The largest absolute Gasteiger partial charge is 0.444 e. The van der Waals surface area contributed by atoms with Crippen LogP contribution in [0.5, 0.6) is 0 Å². The van der Waals surface area contributed by atoms with Gasteiger partial charge in [-0.3, -0.25) is 0 Å². The van der Waals surface area contributed by atoms with Gasteiger partial charge in [-0.15, -0.1) is 0 Å². The first-order valence-electron chi connectivity index (χ1n) is 8.57. The number of alkyl halides is 3. The zero-order chi connectivity index (χ0) is 20.1. The zero-order valence-electron chi connectivity index (χ0n) is 15.5. The zero-order valence-corrected chi connectivity index (χ0v) is 17.1. The van der Waals surface area contributed by atoms with Crippen molar-refractivity contribution in [1.29, 1.82) is 0 Å². The molecular weight excluding hydrogens is 427 g/mol. The molecule has 2 aromatic heterocycles. The van der Waals surface area contributed by atoms with Gasteiger partial charge in [0.2, 0.25) is 0 Å². The summed E-state index contributed by atoms with van der Waals surface area (Å²) in [5, 5.41) is 0.0784. The Balaban J connectivity index is 1.81. The smallest absolute Gasteiger partial charge is 0.418 e. The Labute approximate surface area is 163 Å². The van der Waals surface area contributed by atoms with Crippen LogP contribution in [0.1, 0.15) is 45.2 Å². The van der Waals surface area contributed by atoms with Crippen molar-refractivity contribution < 1.29 is 22.7 Å². The molecule has 0 spiro atoms. The van der Waals surface area contributed by atoms with E-state index in [0.29, 0.717) is 23.1 Å². The van der Waals surface area contributed by atoms with Gasteiger partial charge in [0.25, 0.3) is 0 Å². The summed E-state index contributed by atoms with van der Waals surface area (Å²) in [6, 6.07) is 2.69. The minimum atomic E-state index is -4.45. The van der Waals surface area contributed by atoms with Crippen molar-refractivity contribution in [1.82, 2.24) is 14.5 Å². The average molecular weight is 448 g/mol. The highest BCUT2D eigenvalue weighted by atomic mass is 79.9. The van der Waals surface area contributed by atoms with Crippen LogP contribution in [-0.2, 0) is 10.9 Å². The second-order valence-electron chi connectivity index (χ2n) is 7.82. The van der Waals surface area contributed by atoms with Gasteiger partial charge in [0.05, 0.1) is 5.56 Å². The molecule has 0 N–H and O–H groups in total. The van der Waals surface area contributed by atoms with E-state index in [0.717, 1.165) is 6.20 Å². The maximum atomic E-state index is 13.4. The topological polar surface area (TPSA) is 47.4 Å². The van der Waals surface area contributed by atoms with Gasteiger partial charge in [0, 0.05) is 30.7 Å². The fourth-order valence-electron chi connectivity index (χ4n) is 3.19. The van der Waals surface area contributed by atoms with E-state index in [9.17, 15) is 18.0 Å². The quantitative estimate of drug-likeness (QED) is 0.579. The van der Waals surface area contributed by atoms with E-state index >= 15 is 0 Å². The number of carbonyl (C=O) groups is 1. The molecule has 148 valence electrons. The first kappa shape index (κ1) is 20.0.